The van der Waals surface area contributed by atoms with Crippen molar-refractivity contribution in [2.45, 2.75) is 117 Å². The molecule has 35 heavy (non-hydrogen) atoms. The lowest BCUT2D eigenvalue weighted by Gasteiger charge is -2.27. The van der Waals surface area contributed by atoms with Crippen molar-refractivity contribution < 1.29 is 14.3 Å². The molecule has 0 spiro atoms. The molecule has 0 bridgehead atoms. The number of hydrogen-bond donors (Lipinski definition) is 0. The van der Waals surface area contributed by atoms with E-state index in [0.29, 0.717) is 18.3 Å². The van der Waals surface area contributed by atoms with Crippen LogP contribution in [0.3, 0.4) is 0 Å². The molecule has 0 amide bonds. The van der Waals surface area contributed by atoms with Gasteiger partial charge >= 0.3 is 5.97 Å². The number of esters is 1. The molecule has 2 aliphatic carbocycles. The van der Waals surface area contributed by atoms with E-state index in [-0.39, 0.29) is 11.9 Å². The fourth-order valence-corrected chi connectivity index (χ4v) is 5.92. The topological polar surface area (TPSA) is 35.5 Å². The molecular weight excluding hydrogens is 432 g/mol. The third-order valence-corrected chi connectivity index (χ3v) is 8.30. The lowest BCUT2D eigenvalue weighted by molar-refractivity contribution is -0.140. The van der Waals surface area contributed by atoms with E-state index in [1.165, 1.54) is 89.9 Å². The highest BCUT2D eigenvalue weighted by Crippen LogP contribution is 2.34. The first kappa shape index (κ1) is 27.8. The van der Waals surface area contributed by atoms with Crippen LogP contribution in [0.25, 0.3) is 0 Å². The standard InChI is InChI=1S/C32H50O3/c1-3-5-7-10-26-13-15-28(16-14-26)12-9-25-34-30-21-23-31(24-22-30)35-32(33)29-19-17-27(18-20-29)11-8-6-4-2/h9,12,21-24,26-29H,3-8,10-11,13-20,25H2,1-2H3/b12-9+/t26-,27-,28-,29-. The molecule has 0 radical (unpaired) electrons. The first-order valence-corrected chi connectivity index (χ1v) is 14.8. The van der Waals surface area contributed by atoms with Crippen LogP contribution in [0.2, 0.25) is 0 Å². The molecular formula is C32H50O3. The molecule has 196 valence electrons. The second kappa shape index (κ2) is 16.1. The smallest absolute Gasteiger partial charge is 0.314 e. The lowest BCUT2D eigenvalue weighted by Crippen LogP contribution is -2.25. The Morgan fingerprint density at radius 2 is 1.31 bits per heavy atom. The summed E-state index contributed by atoms with van der Waals surface area (Å²) in [5.74, 6) is 3.93. The summed E-state index contributed by atoms with van der Waals surface area (Å²) >= 11 is 0. The van der Waals surface area contributed by atoms with E-state index in [0.717, 1.165) is 30.4 Å². The molecule has 2 fully saturated rings. The maximum atomic E-state index is 12.6. The van der Waals surface area contributed by atoms with Crippen LogP contribution in [0.5, 0.6) is 11.5 Å². The van der Waals surface area contributed by atoms with E-state index in [9.17, 15) is 4.79 Å². The third-order valence-electron chi connectivity index (χ3n) is 8.30. The van der Waals surface area contributed by atoms with Gasteiger partial charge in [0.1, 0.15) is 18.1 Å². The molecule has 1 aromatic carbocycles. The quantitative estimate of drug-likeness (QED) is 0.115. The minimum absolute atomic E-state index is 0.0601. The zero-order valence-corrected chi connectivity index (χ0v) is 22.5. The van der Waals surface area contributed by atoms with Crippen molar-refractivity contribution in [3.05, 3.63) is 36.4 Å². The number of rotatable bonds is 14. The highest BCUT2D eigenvalue weighted by atomic mass is 16.5. The maximum absolute atomic E-state index is 12.6. The molecule has 2 saturated carbocycles. The largest absolute Gasteiger partial charge is 0.490 e. The van der Waals surface area contributed by atoms with Gasteiger partial charge in [0, 0.05) is 0 Å². The SMILES string of the molecule is CCCCC[C@H]1CC[C@H](/C=C/COc2ccc(OC(=O)[C@H]3CC[C@H](CCCCC)CC3)cc2)CC1. The van der Waals surface area contributed by atoms with Crippen LogP contribution in [-0.4, -0.2) is 12.6 Å². The number of ether oxygens (including phenoxy) is 2. The number of hydrogen-bond acceptors (Lipinski definition) is 3. The average Bonchev–Trinajstić information content (AvgIpc) is 2.89. The molecule has 3 heteroatoms. The van der Waals surface area contributed by atoms with Gasteiger partial charge in [-0.3, -0.25) is 4.79 Å². The van der Waals surface area contributed by atoms with E-state index < -0.39 is 0 Å². The van der Waals surface area contributed by atoms with Crippen LogP contribution < -0.4 is 9.47 Å². The van der Waals surface area contributed by atoms with Gasteiger partial charge in [-0.05, 0) is 93.4 Å². The van der Waals surface area contributed by atoms with Gasteiger partial charge in [0.25, 0.3) is 0 Å². The van der Waals surface area contributed by atoms with Crippen LogP contribution >= 0.6 is 0 Å². The summed E-state index contributed by atoms with van der Waals surface area (Å²) in [5, 5.41) is 0. The molecule has 3 nitrogen and oxygen atoms in total. The second-order valence-electron chi connectivity index (χ2n) is 11.1. The molecule has 0 aromatic heterocycles. The fourth-order valence-electron chi connectivity index (χ4n) is 5.92. The minimum atomic E-state index is -0.0614. The van der Waals surface area contributed by atoms with Crippen molar-refractivity contribution in [2.24, 2.45) is 23.7 Å². The van der Waals surface area contributed by atoms with Gasteiger partial charge in [0.15, 0.2) is 0 Å². The Bertz CT molecular complexity index is 722. The number of unbranched alkanes of at least 4 members (excludes halogenated alkanes) is 4. The van der Waals surface area contributed by atoms with Crippen LogP contribution in [0.4, 0.5) is 0 Å². The van der Waals surface area contributed by atoms with Gasteiger partial charge in [-0.1, -0.05) is 77.4 Å². The monoisotopic (exact) mass is 482 g/mol. The maximum Gasteiger partial charge on any atom is 0.314 e. The Morgan fingerprint density at radius 1 is 0.771 bits per heavy atom. The normalized spacial score (nSPS) is 25.0. The number of allylic oxidation sites excluding steroid dienone is 1. The van der Waals surface area contributed by atoms with E-state index >= 15 is 0 Å². The summed E-state index contributed by atoms with van der Waals surface area (Å²) in [6.07, 6.45) is 25.1. The molecule has 0 saturated heterocycles. The molecule has 0 heterocycles. The molecule has 1 aromatic rings. The molecule has 0 aliphatic heterocycles. The highest BCUT2D eigenvalue weighted by Gasteiger charge is 2.27. The van der Waals surface area contributed by atoms with E-state index in [1.807, 2.05) is 24.3 Å². The van der Waals surface area contributed by atoms with Crippen LogP contribution in [0.15, 0.2) is 36.4 Å². The highest BCUT2D eigenvalue weighted by molar-refractivity contribution is 5.75. The van der Waals surface area contributed by atoms with Gasteiger partial charge in [-0.25, -0.2) is 0 Å². The van der Waals surface area contributed by atoms with Crippen LogP contribution in [0, 0.1) is 23.7 Å². The van der Waals surface area contributed by atoms with E-state index in [2.05, 4.69) is 26.0 Å². The Labute approximate surface area is 215 Å². The van der Waals surface area contributed by atoms with Crippen LogP contribution in [-0.2, 0) is 4.79 Å². The number of carbonyl (C=O) groups excluding carboxylic acids is 1. The molecule has 3 rings (SSSR count). The Morgan fingerprint density at radius 3 is 1.89 bits per heavy atom. The Balaban J connectivity index is 1.29. The Hall–Kier alpha value is -1.77. The summed E-state index contributed by atoms with van der Waals surface area (Å²) in [4.78, 5) is 12.6. The predicted molar refractivity (Wildman–Crippen MR) is 146 cm³/mol. The first-order chi connectivity index (χ1) is 17.2. The third kappa shape index (κ3) is 10.4. The van der Waals surface area contributed by atoms with Gasteiger partial charge in [0.2, 0.25) is 0 Å². The van der Waals surface area contributed by atoms with E-state index in [4.69, 9.17) is 9.47 Å². The van der Waals surface area contributed by atoms with Crippen molar-refractivity contribution in [3.8, 4) is 11.5 Å². The Kier molecular flexibility index (Phi) is 12.8. The van der Waals surface area contributed by atoms with Crippen molar-refractivity contribution in [1.82, 2.24) is 0 Å². The molecule has 2 aliphatic rings. The van der Waals surface area contributed by atoms with Gasteiger partial charge in [-0.2, -0.15) is 0 Å². The van der Waals surface area contributed by atoms with Gasteiger partial charge in [-0.15, -0.1) is 0 Å². The van der Waals surface area contributed by atoms with Crippen LogP contribution in [0.1, 0.15) is 117 Å². The summed E-state index contributed by atoms with van der Waals surface area (Å²) in [5.41, 5.74) is 0. The summed E-state index contributed by atoms with van der Waals surface area (Å²) in [7, 11) is 0. The van der Waals surface area contributed by atoms with Crippen molar-refractivity contribution >= 4 is 5.97 Å². The number of benzene rings is 1. The van der Waals surface area contributed by atoms with Crippen molar-refractivity contribution in [3.63, 3.8) is 0 Å². The fraction of sp³-hybridized carbons (Fsp3) is 0.719. The number of carbonyl (C=O) groups is 1. The molecule has 0 N–H and O–H groups in total. The van der Waals surface area contributed by atoms with E-state index in [1.54, 1.807) is 0 Å². The van der Waals surface area contributed by atoms with Gasteiger partial charge < -0.3 is 9.47 Å². The predicted octanol–water partition coefficient (Wildman–Crippen LogP) is 9.30. The lowest BCUT2D eigenvalue weighted by atomic mass is 9.79. The second-order valence-corrected chi connectivity index (χ2v) is 11.1. The summed E-state index contributed by atoms with van der Waals surface area (Å²) < 4.78 is 11.6. The minimum Gasteiger partial charge on any atom is -0.490 e. The average molecular weight is 483 g/mol. The molecule has 0 atom stereocenters. The zero-order chi connectivity index (χ0) is 24.7. The van der Waals surface area contributed by atoms with Crippen molar-refractivity contribution in [2.75, 3.05) is 6.61 Å². The summed E-state index contributed by atoms with van der Waals surface area (Å²) in [6.45, 7) is 5.13. The molecule has 0 unspecified atom stereocenters. The first-order valence-electron chi connectivity index (χ1n) is 14.8. The van der Waals surface area contributed by atoms with Crippen molar-refractivity contribution in [1.29, 1.82) is 0 Å². The van der Waals surface area contributed by atoms with Gasteiger partial charge in [0.05, 0.1) is 5.92 Å². The zero-order valence-electron chi connectivity index (χ0n) is 22.5. The summed E-state index contributed by atoms with van der Waals surface area (Å²) in [6, 6.07) is 7.52.